The summed E-state index contributed by atoms with van der Waals surface area (Å²) in [4.78, 5) is 2.40. The van der Waals surface area contributed by atoms with E-state index in [2.05, 4.69) is 28.4 Å². The van der Waals surface area contributed by atoms with Crippen LogP contribution in [0.3, 0.4) is 0 Å². The van der Waals surface area contributed by atoms with Crippen molar-refractivity contribution in [1.29, 1.82) is 0 Å². The van der Waals surface area contributed by atoms with Gasteiger partial charge in [-0.15, -0.1) is 0 Å². The van der Waals surface area contributed by atoms with Gasteiger partial charge in [0.15, 0.2) is 0 Å². The van der Waals surface area contributed by atoms with Gasteiger partial charge in [0.2, 0.25) is 0 Å². The van der Waals surface area contributed by atoms with Gasteiger partial charge in [-0.3, -0.25) is 0 Å². The molecule has 0 radical (unpaired) electrons. The molecule has 1 aromatic carbocycles. The number of anilines is 1. The Kier molecular flexibility index (Phi) is 3.26. The van der Waals surface area contributed by atoms with Crippen molar-refractivity contribution in [3.63, 3.8) is 0 Å². The number of hydrogen-bond donors (Lipinski definition) is 1. The lowest BCUT2D eigenvalue weighted by Gasteiger charge is -2.20. The molecular weight excluding hydrogens is 232 g/mol. The normalized spacial score (nSPS) is 24.5. The van der Waals surface area contributed by atoms with Gasteiger partial charge in [-0.25, -0.2) is 0 Å². The Morgan fingerprint density at radius 3 is 2.71 bits per heavy atom. The Morgan fingerprint density at radius 2 is 2.06 bits per heavy atom. The van der Waals surface area contributed by atoms with Crippen LogP contribution in [0.5, 0.6) is 0 Å². The Balaban J connectivity index is 1.82. The summed E-state index contributed by atoms with van der Waals surface area (Å²) in [6.07, 6.45) is 3.83. The second-order valence-corrected chi connectivity index (χ2v) is 5.50. The summed E-state index contributed by atoms with van der Waals surface area (Å²) in [7, 11) is 0. The molecule has 3 rings (SSSR count). The fraction of sp³-hybridized carbons (Fsp3) is 0.571. The van der Waals surface area contributed by atoms with Crippen LogP contribution < -0.4 is 10.2 Å². The summed E-state index contributed by atoms with van der Waals surface area (Å²) in [5.41, 5.74) is 2.61. The molecule has 2 heterocycles. The third kappa shape index (κ3) is 2.29. The van der Waals surface area contributed by atoms with Crippen LogP contribution in [0.25, 0.3) is 0 Å². The summed E-state index contributed by atoms with van der Waals surface area (Å²) in [5, 5.41) is 4.33. The van der Waals surface area contributed by atoms with E-state index in [1.165, 1.54) is 30.5 Å². The predicted octanol–water partition coefficient (Wildman–Crippen LogP) is 3.02. The molecule has 0 amide bonds. The van der Waals surface area contributed by atoms with Crippen LogP contribution in [0.1, 0.15) is 30.7 Å². The van der Waals surface area contributed by atoms with Gasteiger partial charge in [0.05, 0.1) is 10.7 Å². The second kappa shape index (κ2) is 4.87. The Morgan fingerprint density at radius 1 is 1.24 bits per heavy atom. The van der Waals surface area contributed by atoms with Crippen molar-refractivity contribution in [2.24, 2.45) is 0 Å². The van der Waals surface area contributed by atoms with E-state index in [9.17, 15) is 0 Å². The maximum absolute atomic E-state index is 6.43. The van der Waals surface area contributed by atoms with Crippen LogP contribution >= 0.6 is 11.6 Å². The molecule has 2 nitrogen and oxygen atoms in total. The summed E-state index contributed by atoms with van der Waals surface area (Å²) in [6, 6.07) is 6.64. The minimum absolute atomic E-state index is 0.653. The fourth-order valence-electron chi connectivity index (χ4n) is 2.93. The summed E-state index contributed by atoms with van der Waals surface area (Å²) >= 11 is 6.43. The highest BCUT2D eigenvalue weighted by molar-refractivity contribution is 6.33. The number of hydrogen-bond acceptors (Lipinski definition) is 2. The minimum Gasteiger partial charge on any atom is -0.370 e. The monoisotopic (exact) mass is 250 g/mol. The third-order valence-corrected chi connectivity index (χ3v) is 4.25. The third-order valence-electron chi connectivity index (χ3n) is 3.95. The highest BCUT2D eigenvalue weighted by Crippen LogP contribution is 2.33. The number of halogens is 1. The van der Waals surface area contributed by atoms with Crippen LogP contribution in [-0.4, -0.2) is 26.2 Å². The molecule has 1 N–H and O–H groups in total. The maximum atomic E-state index is 6.43. The number of benzene rings is 1. The van der Waals surface area contributed by atoms with Crippen molar-refractivity contribution in [3.8, 4) is 0 Å². The average Bonchev–Trinajstić information content (AvgIpc) is 3.02. The predicted molar refractivity (Wildman–Crippen MR) is 73.1 cm³/mol. The first kappa shape index (κ1) is 11.4. The van der Waals surface area contributed by atoms with Crippen molar-refractivity contribution in [3.05, 3.63) is 28.8 Å². The molecule has 0 saturated carbocycles. The molecule has 2 saturated heterocycles. The zero-order valence-electron chi connectivity index (χ0n) is 10.1. The molecule has 0 bridgehead atoms. The van der Waals surface area contributed by atoms with Crippen molar-refractivity contribution in [1.82, 2.24) is 5.32 Å². The van der Waals surface area contributed by atoms with Gasteiger partial charge >= 0.3 is 0 Å². The zero-order valence-corrected chi connectivity index (χ0v) is 10.8. The standard InChI is InChI=1S/C14H19ClN2/c15-13-9-11(12-5-6-16-10-12)3-4-14(13)17-7-1-2-8-17/h3-4,9,12,16H,1-2,5-8,10H2. The quantitative estimate of drug-likeness (QED) is 0.868. The van der Waals surface area contributed by atoms with Crippen molar-refractivity contribution >= 4 is 17.3 Å². The Hall–Kier alpha value is -0.730. The van der Waals surface area contributed by atoms with Crippen molar-refractivity contribution in [2.75, 3.05) is 31.1 Å². The van der Waals surface area contributed by atoms with E-state index in [4.69, 9.17) is 11.6 Å². The van der Waals surface area contributed by atoms with E-state index in [0.29, 0.717) is 5.92 Å². The number of rotatable bonds is 2. The molecule has 0 aromatic heterocycles. The van der Waals surface area contributed by atoms with Gasteiger partial charge in [-0.05, 0) is 49.4 Å². The number of nitrogens with one attached hydrogen (secondary N) is 1. The van der Waals surface area contributed by atoms with E-state index in [-0.39, 0.29) is 0 Å². The topological polar surface area (TPSA) is 15.3 Å². The van der Waals surface area contributed by atoms with Crippen molar-refractivity contribution in [2.45, 2.75) is 25.2 Å². The Bertz CT molecular complexity index is 393. The molecule has 0 aliphatic carbocycles. The largest absolute Gasteiger partial charge is 0.370 e. The van der Waals surface area contributed by atoms with Gasteiger partial charge < -0.3 is 10.2 Å². The summed E-state index contributed by atoms with van der Waals surface area (Å²) in [6.45, 7) is 4.55. The van der Waals surface area contributed by atoms with E-state index >= 15 is 0 Å². The molecule has 0 spiro atoms. The molecule has 2 fully saturated rings. The average molecular weight is 251 g/mol. The summed E-state index contributed by atoms with van der Waals surface area (Å²) < 4.78 is 0. The van der Waals surface area contributed by atoms with Crippen LogP contribution in [0.4, 0.5) is 5.69 Å². The molecule has 2 aliphatic rings. The zero-order chi connectivity index (χ0) is 11.7. The number of nitrogens with zero attached hydrogens (tertiary/aromatic N) is 1. The van der Waals surface area contributed by atoms with Crippen molar-refractivity contribution < 1.29 is 0 Å². The fourth-order valence-corrected chi connectivity index (χ4v) is 3.24. The van der Waals surface area contributed by atoms with Gasteiger partial charge in [-0.2, -0.15) is 0 Å². The van der Waals surface area contributed by atoms with E-state index in [0.717, 1.165) is 31.2 Å². The molecule has 1 aromatic rings. The molecular formula is C14H19ClN2. The molecule has 1 unspecified atom stereocenters. The first-order valence-corrected chi connectivity index (χ1v) is 6.97. The molecule has 3 heteroatoms. The van der Waals surface area contributed by atoms with Crippen LogP contribution in [0, 0.1) is 0 Å². The lowest BCUT2D eigenvalue weighted by Crippen LogP contribution is -2.18. The highest BCUT2D eigenvalue weighted by Gasteiger charge is 2.19. The second-order valence-electron chi connectivity index (χ2n) is 5.09. The van der Waals surface area contributed by atoms with Crippen LogP contribution in [0.2, 0.25) is 5.02 Å². The highest BCUT2D eigenvalue weighted by atomic mass is 35.5. The SMILES string of the molecule is Clc1cc(C2CCNC2)ccc1N1CCCC1. The first-order chi connectivity index (χ1) is 8.34. The lowest BCUT2D eigenvalue weighted by atomic mass is 9.98. The van der Waals surface area contributed by atoms with Gasteiger partial charge in [-0.1, -0.05) is 17.7 Å². The molecule has 1 atom stereocenters. The smallest absolute Gasteiger partial charge is 0.0642 e. The van der Waals surface area contributed by atoms with Gasteiger partial charge in [0, 0.05) is 19.6 Å². The summed E-state index contributed by atoms with van der Waals surface area (Å²) in [5.74, 6) is 0.653. The maximum Gasteiger partial charge on any atom is 0.0642 e. The van der Waals surface area contributed by atoms with E-state index in [1.807, 2.05) is 0 Å². The molecule has 17 heavy (non-hydrogen) atoms. The molecule has 2 aliphatic heterocycles. The van der Waals surface area contributed by atoms with Crippen LogP contribution in [0.15, 0.2) is 18.2 Å². The van der Waals surface area contributed by atoms with Gasteiger partial charge in [0.1, 0.15) is 0 Å². The van der Waals surface area contributed by atoms with Gasteiger partial charge in [0.25, 0.3) is 0 Å². The molecule has 92 valence electrons. The van der Waals surface area contributed by atoms with E-state index in [1.54, 1.807) is 0 Å². The lowest BCUT2D eigenvalue weighted by molar-refractivity contribution is 0.763. The van der Waals surface area contributed by atoms with E-state index < -0.39 is 0 Å². The van der Waals surface area contributed by atoms with Crippen LogP contribution in [-0.2, 0) is 0 Å². The Labute approximate surface area is 108 Å². The first-order valence-electron chi connectivity index (χ1n) is 6.60. The minimum atomic E-state index is 0.653.